The van der Waals surface area contributed by atoms with E-state index in [1.165, 1.54) is 6.26 Å². The number of hydrogen-bond acceptors (Lipinski definition) is 7. The molecule has 0 spiro atoms. The molecule has 5 amide bonds. The van der Waals surface area contributed by atoms with Crippen molar-refractivity contribution in [3.05, 3.63) is 12.7 Å². The molecule has 4 aliphatic rings. The number of carbonyl (C=O) groups excluding carboxylic acids is 5. The molecule has 5 unspecified atom stereocenters. The molecule has 1 saturated heterocycles. The van der Waals surface area contributed by atoms with Crippen LogP contribution in [0.3, 0.4) is 0 Å². The van der Waals surface area contributed by atoms with Gasteiger partial charge in [-0.25, -0.2) is 13.2 Å². The van der Waals surface area contributed by atoms with Crippen molar-refractivity contribution in [2.75, 3.05) is 25.1 Å². The largest absolute Gasteiger partial charge is 0.349 e. The van der Waals surface area contributed by atoms with Gasteiger partial charge in [-0.1, -0.05) is 72.8 Å². The Balaban J connectivity index is 1.53. The first-order valence-electron chi connectivity index (χ1n) is 17.6. The van der Waals surface area contributed by atoms with E-state index in [2.05, 4.69) is 41.7 Å². The van der Waals surface area contributed by atoms with E-state index >= 15 is 0 Å². The lowest BCUT2D eigenvalue weighted by Gasteiger charge is -2.39. The number of urea groups is 1. The van der Waals surface area contributed by atoms with Gasteiger partial charge in [-0.2, -0.15) is 0 Å². The fourth-order valence-corrected chi connectivity index (χ4v) is 9.37. The van der Waals surface area contributed by atoms with Gasteiger partial charge < -0.3 is 26.2 Å². The molecule has 1 aliphatic heterocycles. The molecule has 3 aliphatic carbocycles. The second-order valence-corrected chi connectivity index (χ2v) is 18.8. The first kappa shape index (κ1) is 37.9. The summed E-state index contributed by atoms with van der Waals surface area (Å²) in [4.78, 5) is 69.5. The second-order valence-electron chi connectivity index (χ2n) is 16.7. The molecule has 0 aromatic rings. The van der Waals surface area contributed by atoms with Crippen molar-refractivity contribution in [1.82, 2.24) is 26.2 Å². The number of rotatable bonds is 15. The number of amides is 5. The topological polar surface area (TPSA) is 171 Å². The van der Waals surface area contributed by atoms with E-state index in [1.54, 1.807) is 11.0 Å². The van der Waals surface area contributed by atoms with Crippen molar-refractivity contribution in [3.63, 3.8) is 0 Å². The van der Waals surface area contributed by atoms with Gasteiger partial charge in [-0.05, 0) is 60.7 Å². The van der Waals surface area contributed by atoms with Crippen LogP contribution in [-0.2, 0) is 29.0 Å². The van der Waals surface area contributed by atoms with Gasteiger partial charge in [0.05, 0.1) is 17.3 Å². The molecule has 0 radical (unpaired) electrons. The normalized spacial score (nSPS) is 25.5. The van der Waals surface area contributed by atoms with Crippen molar-refractivity contribution in [2.45, 2.75) is 122 Å². The van der Waals surface area contributed by atoms with Crippen LogP contribution in [0.5, 0.6) is 0 Å². The number of carbonyl (C=O) groups is 5. The van der Waals surface area contributed by atoms with Crippen molar-refractivity contribution < 1.29 is 32.4 Å². The predicted molar refractivity (Wildman–Crippen MR) is 183 cm³/mol. The molecule has 0 aromatic heterocycles. The average molecular weight is 692 g/mol. The molecule has 5 atom stereocenters. The number of piperidine rings is 1. The Labute approximate surface area is 286 Å². The van der Waals surface area contributed by atoms with Gasteiger partial charge in [0.1, 0.15) is 21.9 Å². The number of hydrogen-bond donors (Lipinski definition) is 4. The fraction of sp³-hybridized carbons (Fsp3) is 0.800. The number of fused-ring (bicyclic) bond motifs is 1. The molecule has 1 heterocycles. The van der Waals surface area contributed by atoms with Gasteiger partial charge >= 0.3 is 6.03 Å². The maximum Gasteiger partial charge on any atom is 0.315 e. The Morgan fingerprint density at radius 3 is 2.21 bits per heavy atom. The maximum atomic E-state index is 14.4. The van der Waals surface area contributed by atoms with E-state index in [0.717, 1.165) is 32.1 Å². The van der Waals surface area contributed by atoms with Crippen molar-refractivity contribution >= 4 is 39.4 Å². The molecule has 0 bridgehead atoms. The predicted octanol–water partition coefficient (Wildman–Crippen LogP) is 2.87. The van der Waals surface area contributed by atoms with E-state index in [0.29, 0.717) is 32.2 Å². The molecule has 270 valence electrons. The third-order valence-electron chi connectivity index (χ3n) is 10.7. The highest BCUT2D eigenvalue weighted by Crippen LogP contribution is 2.65. The Morgan fingerprint density at radius 2 is 1.65 bits per heavy atom. The summed E-state index contributed by atoms with van der Waals surface area (Å²) in [5.41, 5.74) is -1.47. The first-order chi connectivity index (χ1) is 22.3. The number of likely N-dealkylation sites (tertiary alicyclic amines) is 1. The minimum Gasteiger partial charge on any atom is -0.349 e. The summed E-state index contributed by atoms with van der Waals surface area (Å²) < 4.78 is 24.7. The van der Waals surface area contributed by atoms with E-state index in [1.807, 2.05) is 20.8 Å². The minimum absolute atomic E-state index is 0.0707. The lowest BCUT2D eigenvalue weighted by molar-refractivity contribution is -0.144. The summed E-state index contributed by atoms with van der Waals surface area (Å²) in [5, 5.41) is 11.3. The van der Waals surface area contributed by atoms with Gasteiger partial charge in [0.25, 0.3) is 5.91 Å². The molecular weight excluding hydrogens is 634 g/mol. The molecule has 4 fully saturated rings. The number of ketones is 1. The highest BCUT2D eigenvalue weighted by Gasteiger charge is 2.69. The van der Waals surface area contributed by atoms with Crippen LogP contribution in [0.2, 0.25) is 0 Å². The highest BCUT2D eigenvalue weighted by atomic mass is 32.2. The van der Waals surface area contributed by atoms with E-state index in [4.69, 9.17) is 0 Å². The standard InChI is InChI=1S/C35H57N5O7S/c1-8-9-17-36-30(43)28(41)24(18-22-13-14-22)37-29(42)27-26-23(34(26,5)6)20-40(27)31(44)25(19-33(2,3)4)38-32(45)39-35(21-48(7,46)47)15-11-10-12-16-35/h8,22-27H,1,9-21H2,2-7H3,(H,36,43)(H,37,42)(H2,38,39,45). The summed E-state index contributed by atoms with van der Waals surface area (Å²) in [6.07, 6.45) is 9.44. The van der Waals surface area contributed by atoms with Gasteiger partial charge in [0, 0.05) is 19.3 Å². The Morgan fingerprint density at radius 1 is 1.00 bits per heavy atom. The van der Waals surface area contributed by atoms with Crippen molar-refractivity contribution in [2.24, 2.45) is 28.6 Å². The molecule has 12 nitrogen and oxygen atoms in total. The molecule has 4 rings (SSSR count). The van der Waals surface area contributed by atoms with E-state index in [-0.39, 0.29) is 47.3 Å². The summed E-state index contributed by atoms with van der Waals surface area (Å²) in [7, 11) is -3.39. The Kier molecular flexibility index (Phi) is 11.4. The number of Topliss-reactive ketones (excluding diaryl/α,β-unsaturated/α-hetero) is 1. The summed E-state index contributed by atoms with van der Waals surface area (Å²) >= 11 is 0. The van der Waals surface area contributed by atoms with Crippen LogP contribution < -0.4 is 21.3 Å². The fourth-order valence-electron chi connectivity index (χ4n) is 8.01. The van der Waals surface area contributed by atoms with Crippen molar-refractivity contribution in [3.8, 4) is 0 Å². The van der Waals surface area contributed by atoms with Crippen molar-refractivity contribution in [1.29, 1.82) is 0 Å². The number of nitrogens with one attached hydrogen (secondary N) is 4. The van der Waals surface area contributed by atoms with Crippen LogP contribution in [-0.4, -0.2) is 91.6 Å². The number of nitrogens with zero attached hydrogens (tertiary/aromatic N) is 1. The summed E-state index contributed by atoms with van der Waals surface area (Å²) in [5.74, 6) is -2.30. The number of sulfone groups is 1. The quantitative estimate of drug-likeness (QED) is 0.116. The van der Waals surface area contributed by atoms with E-state index in [9.17, 15) is 32.4 Å². The minimum atomic E-state index is -3.39. The Bertz CT molecular complexity index is 1380. The molecule has 3 saturated carbocycles. The van der Waals surface area contributed by atoms with Crippen LogP contribution >= 0.6 is 0 Å². The average Bonchev–Trinajstić information content (AvgIpc) is 3.82. The highest BCUT2D eigenvalue weighted by molar-refractivity contribution is 7.90. The van der Waals surface area contributed by atoms with Gasteiger partial charge in [-0.15, -0.1) is 6.58 Å². The molecular formula is C35H57N5O7S. The zero-order chi connectivity index (χ0) is 35.7. The van der Waals surface area contributed by atoms with Crippen LogP contribution in [0.15, 0.2) is 12.7 Å². The van der Waals surface area contributed by atoms with Gasteiger partial charge in [0.15, 0.2) is 0 Å². The van der Waals surface area contributed by atoms with Crippen LogP contribution in [0.1, 0.15) is 98.8 Å². The monoisotopic (exact) mass is 691 g/mol. The zero-order valence-corrected chi connectivity index (χ0v) is 30.5. The summed E-state index contributed by atoms with van der Waals surface area (Å²) in [6.45, 7) is 14.2. The van der Waals surface area contributed by atoms with Crippen LogP contribution in [0.25, 0.3) is 0 Å². The Hall–Kier alpha value is -2.96. The first-order valence-corrected chi connectivity index (χ1v) is 19.6. The van der Waals surface area contributed by atoms with Gasteiger partial charge in [0.2, 0.25) is 17.6 Å². The maximum absolute atomic E-state index is 14.4. The third-order valence-corrected chi connectivity index (χ3v) is 11.7. The smallest absolute Gasteiger partial charge is 0.315 e. The molecule has 4 N–H and O–H groups in total. The second kappa shape index (κ2) is 14.5. The van der Waals surface area contributed by atoms with Crippen LogP contribution in [0, 0.1) is 28.6 Å². The van der Waals surface area contributed by atoms with E-state index < -0.39 is 63.0 Å². The molecule has 48 heavy (non-hydrogen) atoms. The molecule has 13 heteroatoms. The SMILES string of the molecule is C=CCCNC(=O)C(=O)C(CC1CC1)NC(=O)C1C2C(CN1C(=O)C(CC(C)(C)C)NC(=O)NC1(CS(C)(=O)=O)CCCCC1)C2(C)C. The third kappa shape index (κ3) is 9.59. The van der Waals surface area contributed by atoms with Crippen LogP contribution in [0.4, 0.5) is 4.79 Å². The lowest BCUT2D eigenvalue weighted by Crippen LogP contribution is -2.62. The zero-order valence-electron chi connectivity index (χ0n) is 29.7. The lowest BCUT2D eigenvalue weighted by atomic mass is 9.83. The summed E-state index contributed by atoms with van der Waals surface area (Å²) in [6, 6.07) is -3.44. The molecule has 0 aromatic carbocycles. The van der Waals surface area contributed by atoms with Gasteiger partial charge in [-0.3, -0.25) is 19.2 Å².